The standard InChI is InChI=1S/C19H19N5O3/c1-13(2)14-7-3-5-9-16(14)21-18(25)11-27-19(26)15-8-4-6-10-17(15)24-12-20-22-23-24/h3-10,12-13H,11H2,1-2H3,(H,21,25). The summed E-state index contributed by atoms with van der Waals surface area (Å²) in [5, 5.41) is 13.7. The van der Waals surface area contributed by atoms with Crippen LogP contribution in [-0.2, 0) is 9.53 Å². The fourth-order valence-corrected chi connectivity index (χ4v) is 2.63. The third-order valence-corrected chi connectivity index (χ3v) is 3.91. The lowest BCUT2D eigenvalue weighted by molar-refractivity contribution is -0.119. The number of para-hydroxylation sites is 2. The summed E-state index contributed by atoms with van der Waals surface area (Å²) >= 11 is 0. The van der Waals surface area contributed by atoms with E-state index in [1.807, 2.05) is 38.1 Å². The number of carbonyl (C=O) groups is 2. The fourth-order valence-electron chi connectivity index (χ4n) is 2.63. The van der Waals surface area contributed by atoms with Crippen molar-refractivity contribution in [2.45, 2.75) is 19.8 Å². The summed E-state index contributed by atoms with van der Waals surface area (Å²) in [5.41, 5.74) is 2.46. The van der Waals surface area contributed by atoms with Gasteiger partial charge in [0, 0.05) is 5.69 Å². The van der Waals surface area contributed by atoms with E-state index >= 15 is 0 Å². The average Bonchev–Trinajstić information content (AvgIpc) is 3.21. The minimum absolute atomic E-state index is 0.257. The number of aromatic nitrogens is 4. The summed E-state index contributed by atoms with van der Waals surface area (Å²) in [7, 11) is 0. The molecule has 1 aromatic heterocycles. The van der Waals surface area contributed by atoms with Gasteiger partial charge in [-0.25, -0.2) is 4.79 Å². The van der Waals surface area contributed by atoms with Crippen molar-refractivity contribution in [3.8, 4) is 5.69 Å². The summed E-state index contributed by atoms with van der Waals surface area (Å²) in [5.74, 6) is -0.781. The highest BCUT2D eigenvalue weighted by Crippen LogP contribution is 2.23. The molecule has 0 bridgehead atoms. The molecular weight excluding hydrogens is 346 g/mol. The number of anilines is 1. The van der Waals surface area contributed by atoms with Crippen LogP contribution >= 0.6 is 0 Å². The molecule has 0 fully saturated rings. The van der Waals surface area contributed by atoms with Gasteiger partial charge in [0.25, 0.3) is 5.91 Å². The van der Waals surface area contributed by atoms with Gasteiger partial charge in [0.2, 0.25) is 0 Å². The number of rotatable bonds is 6. The molecule has 27 heavy (non-hydrogen) atoms. The Labute approximate surface area is 156 Å². The first-order valence-electron chi connectivity index (χ1n) is 8.44. The van der Waals surface area contributed by atoms with E-state index in [-0.39, 0.29) is 11.5 Å². The first kappa shape index (κ1) is 18.2. The molecule has 2 aromatic carbocycles. The Balaban J connectivity index is 1.66. The zero-order valence-corrected chi connectivity index (χ0v) is 15.0. The van der Waals surface area contributed by atoms with E-state index in [9.17, 15) is 9.59 Å². The second-order valence-corrected chi connectivity index (χ2v) is 6.14. The second kappa shape index (κ2) is 8.22. The predicted molar refractivity (Wildman–Crippen MR) is 98.6 cm³/mol. The average molecular weight is 365 g/mol. The van der Waals surface area contributed by atoms with Crippen LogP contribution in [0, 0.1) is 0 Å². The highest BCUT2D eigenvalue weighted by molar-refractivity contribution is 5.97. The second-order valence-electron chi connectivity index (χ2n) is 6.14. The Hall–Kier alpha value is -3.55. The Morgan fingerprint density at radius 3 is 2.59 bits per heavy atom. The van der Waals surface area contributed by atoms with Crippen LogP contribution in [-0.4, -0.2) is 38.7 Å². The topological polar surface area (TPSA) is 99.0 Å². The normalized spacial score (nSPS) is 10.6. The van der Waals surface area contributed by atoms with E-state index < -0.39 is 18.5 Å². The predicted octanol–water partition coefficient (Wildman–Crippen LogP) is 2.58. The molecule has 3 aromatic rings. The van der Waals surface area contributed by atoms with Crippen molar-refractivity contribution in [1.29, 1.82) is 0 Å². The highest BCUT2D eigenvalue weighted by atomic mass is 16.5. The van der Waals surface area contributed by atoms with Crippen LogP contribution in [0.5, 0.6) is 0 Å². The lowest BCUT2D eigenvalue weighted by Gasteiger charge is -2.14. The number of nitrogens with one attached hydrogen (secondary N) is 1. The number of hydrogen-bond donors (Lipinski definition) is 1. The molecule has 0 aliphatic heterocycles. The third-order valence-electron chi connectivity index (χ3n) is 3.91. The molecule has 1 N–H and O–H groups in total. The maximum Gasteiger partial charge on any atom is 0.340 e. The van der Waals surface area contributed by atoms with Crippen LogP contribution in [0.1, 0.15) is 35.7 Å². The first-order chi connectivity index (χ1) is 13.1. The van der Waals surface area contributed by atoms with Crippen LogP contribution in [0.25, 0.3) is 5.69 Å². The van der Waals surface area contributed by atoms with Crippen molar-refractivity contribution in [3.05, 3.63) is 66.0 Å². The molecule has 0 radical (unpaired) electrons. The van der Waals surface area contributed by atoms with Crippen molar-refractivity contribution in [2.24, 2.45) is 0 Å². The van der Waals surface area contributed by atoms with Crippen molar-refractivity contribution in [3.63, 3.8) is 0 Å². The van der Waals surface area contributed by atoms with Gasteiger partial charge in [0.1, 0.15) is 6.33 Å². The van der Waals surface area contributed by atoms with Gasteiger partial charge in [-0.3, -0.25) is 4.79 Å². The van der Waals surface area contributed by atoms with E-state index in [1.165, 1.54) is 11.0 Å². The number of carbonyl (C=O) groups excluding carboxylic acids is 2. The fraction of sp³-hybridized carbons (Fsp3) is 0.211. The third kappa shape index (κ3) is 4.35. The van der Waals surface area contributed by atoms with E-state index in [0.717, 1.165) is 5.56 Å². The highest BCUT2D eigenvalue weighted by Gasteiger charge is 2.17. The molecule has 0 unspecified atom stereocenters. The summed E-state index contributed by atoms with van der Waals surface area (Å²) in [4.78, 5) is 24.6. The van der Waals surface area contributed by atoms with Gasteiger partial charge in [-0.2, -0.15) is 4.68 Å². The Bertz CT molecular complexity index is 938. The minimum atomic E-state index is -0.631. The number of amides is 1. The molecule has 0 saturated carbocycles. The van der Waals surface area contributed by atoms with Crippen LogP contribution in [0.15, 0.2) is 54.9 Å². The summed E-state index contributed by atoms with van der Waals surface area (Å²) in [6.45, 7) is 3.69. The summed E-state index contributed by atoms with van der Waals surface area (Å²) < 4.78 is 6.52. The van der Waals surface area contributed by atoms with Gasteiger partial charge >= 0.3 is 5.97 Å². The van der Waals surface area contributed by atoms with E-state index in [1.54, 1.807) is 24.3 Å². The van der Waals surface area contributed by atoms with Gasteiger partial charge in [0.15, 0.2) is 6.61 Å². The molecular formula is C19H19N5O3. The molecule has 8 nitrogen and oxygen atoms in total. The zero-order valence-electron chi connectivity index (χ0n) is 15.0. The molecule has 8 heteroatoms. The van der Waals surface area contributed by atoms with Crippen molar-refractivity contribution < 1.29 is 14.3 Å². The molecule has 0 aliphatic rings. The maximum atomic E-state index is 12.4. The van der Waals surface area contributed by atoms with Crippen molar-refractivity contribution >= 4 is 17.6 Å². The Morgan fingerprint density at radius 2 is 1.85 bits per heavy atom. The van der Waals surface area contributed by atoms with Gasteiger partial charge in [-0.15, -0.1) is 5.10 Å². The van der Waals surface area contributed by atoms with E-state index in [0.29, 0.717) is 11.4 Å². The quantitative estimate of drug-likeness (QED) is 0.674. The smallest absolute Gasteiger partial charge is 0.340 e. The first-order valence-corrected chi connectivity index (χ1v) is 8.44. The molecule has 3 rings (SSSR count). The largest absolute Gasteiger partial charge is 0.452 e. The molecule has 0 saturated heterocycles. The monoisotopic (exact) mass is 365 g/mol. The number of benzene rings is 2. The van der Waals surface area contributed by atoms with Crippen molar-refractivity contribution in [2.75, 3.05) is 11.9 Å². The van der Waals surface area contributed by atoms with Crippen LogP contribution < -0.4 is 5.32 Å². The number of nitrogens with zero attached hydrogens (tertiary/aromatic N) is 4. The molecule has 138 valence electrons. The lowest BCUT2D eigenvalue weighted by atomic mass is 10.0. The summed E-state index contributed by atoms with van der Waals surface area (Å²) in [6, 6.07) is 14.3. The van der Waals surface area contributed by atoms with Crippen LogP contribution in [0.3, 0.4) is 0 Å². The van der Waals surface area contributed by atoms with Crippen LogP contribution in [0.2, 0.25) is 0 Å². The van der Waals surface area contributed by atoms with Gasteiger partial charge in [-0.05, 0) is 40.1 Å². The van der Waals surface area contributed by atoms with Crippen molar-refractivity contribution in [1.82, 2.24) is 20.2 Å². The van der Waals surface area contributed by atoms with Gasteiger partial charge < -0.3 is 10.1 Å². The van der Waals surface area contributed by atoms with Crippen LogP contribution in [0.4, 0.5) is 5.69 Å². The van der Waals surface area contributed by atoms with E-state index in [2.05, 4.69) is 20.8 Å². The number of ether oxygens (including phenoxy) is 1. The maximum absolute atomic E-state index is 12.4. The number of esters is 1. The SMILES string of the molecule is CC(C)c1ccccc1NC(=O)COC(=O)c1ccccc1-n1cnnn1. The Kier molecular flexibility index (Phi) is 5.55. The molecule has 1 heterocycles. The number of hydrogen-bond acceptors (Lipinski definition) is 6. The molecule has 0 spiro atoms. The number of tetrazole rings is 1. The van der Waals surface area contributed by atoms with Gasteiger partial charge in [-0.1, -0.05) is 44.2 Å². The van der Waals surface area contributed by atoms with Gasteiger partial charge in [0.05, 0.1) is 11.3 Å². The lowest BCUT2D eigenvalue weighted by Crippen LogP contribution is -2.22. The molecule has 1 amide bonds. The molecule has 0 aliphatic carbocycles. The minimum Gasteiger partial charge on any atom is -0.452 e. The Morgan fingerprint density at radius 1 is 1.11 bits per heavy atom. The summed E-state index contributed by atoms with van der Waals surface area (Å²) in [6.07, 6.45) is 1.38. The molecule has 0 atom stereocenters. The zero-order chi connectivity index (χ0) is 19.2. The van der Waals surface area contributed by atoms with E-state index in [4.69, 9.17) is 4.74 Å².